The minimum atomic E-state index is 0.458. The molecule has 3 rings (SSSR count). The van der Waals surface area contributed by atoms with Gasteiger partial charge in [0.1, 0.15) is 6.29 Å². The number of aldehydes is 1. The van der Waals surface area contributed by atoms with Crippen LogP contribution in [0.15, 0.2) is 11.6 Å². The third kappa shape index (κ3) is 1.10. The second-order valence-electron chi connectivity index (χ2n) is 7.08. The molecule has 1 heteroatoms. The van der Waals surface area contributed by atoms with Crippen LogP contribution in [0.4, 0.5) is 0 Å². The Morgan fingerprint density at radius 3 is 2.81 bits per heavy atom. The number of carbonyl (C=O) groups excluding carboxylic acids is 1. The van der Waals surface area contributed by atoms with Crippen LogP contribution < -0.4 is 0 Å². The van der Waals surface area contributed by atoms with E-state index in [1.165, 1.54) is 25.7 Å². The van der Waals surface area contributed by atoms with Gasteiger partial charge in [0.25, 0.3) is 0 Å². The smallest absolute Gasteiger partial charge is 0.146 e. The highest BCUT2D eigenvalue weighted by atomic mass is 16.1. The van der Waals surface area contributed by atoms with E-state index < -0.39 is 0 Å². The number of carbonyl (C=O) groups is 1. The summed E-state index contributed by atoms with van der Waals surface area (Å²) in [4.78, 5) is 11.2. The first-order valence-electron chi connectivity index (χ1n) is 6.66. The van der Waals surface area contributed by atoms with Gasteiger partial charge >= 0.3 is 0 Å². The maximum atomic E-state index is 11.2. The molecule has 0 N–H and O–H groups in total. The summed E-state index contributed by atoms with van der Waals surface area (Å²) in [6.07, 6.45) is 8.63. The van der Waals surface area contributed by atoms with Crippen LogP contribution >= 0.6 is 0 Å². The third-order valence-corrected chi connectivity index (χ3v) is 5.63. The lowest BCUT2D eigenvalue weighted by atomic mass is 9.67. The Labute approximate surface area is 98.3 Å². The molecule has 0 heterocycles. The molecule has 2 saturated carbocycles. The van der Waals surface area contributed by atoms with Gasteiger partial charge in [-0.05, 0) is 59.8 Å². The minimum absolute atomic E-state index is 0.458. The Kier molecular flexibility index (Phi) is 1.98. The Morgan fingerprint density at radius 1 is 1.38 bits per heavy atom. The molecule has 3 aliphatic carbocycles. The topological polar surface area (TPSA) is 17.1 Å². The lowest BCUT2D eigenvalue weighted by Crippen LogP contribution is -2.31. The van der Waals surface area contributed by atoms with Gasteiger partial charge in [-0.15, -0.1) is 0 Å². The minimum Gasteiger partial charge on any atom is -0.298 e. The maximum absolute atomic E-state index is 11.2. The first-order chi connectivity index (χ1) is 7.49. The summed E-state index contributed by atoms with van der Waals surface area (Å²) in [6, 6.07) is 0. The van der Waals surface area contributed by atoms with E-state index >= 15 is 0 Å². The molecular formula is C15H22O. The van der Waals surface area contributed by atoms with E-state index in [0.717, 1.165) is 17.8 Å². The molecule has 0 unspecified atom stereocenters. The van der Waals surface area contributed by atoms with E-state index in [0.29, 0.717) is 22.7 Å². The van der Waals surface area contributed by atoms with Crippen molar-refractivity contribution in [2.75, 3.05) is 0 Å². The third-order valence-electron chi connectivity index (χ3n) is 5.63. The van der Waals surface area contributed by atoms with Gasteiger partial charge in [0.15, 0.2) is 0 Å². The van der Waals surface area contributed by atoms with Gasteiger partial charge in [0, 0.05) is 0 Å². The van der Waals surface area contributed by atoms with Crippen molar-refractivity contribution in [3.63, 3.8) is 0 Å². The van der Waals surface area contributed by atoms with Gasteiger partial charge in [-0.25, -0.2) is 0 Å². The van der Waals surface area contributed by atoms with Crippen LogP contribution in [0, 0.1) is 28.6 Å². The zero-order chi connectivity index (χ0) is 11.6. The van der Waals surface area contributed by atoms with Gasteiger partial charge in [0.2, 0.25) is 0 Å². The highest BCUT2D eigenvalue weighted by Crippen LogP contribution is 2.69. The second-order valence-corrected chi connectivity index (χ2v) is 7.08. The summed E-state index contributed by atoms with van der Waals surface area (Å²) < 4.78 is 0. The van der Waals surface area contributed by atoms with Crippen molar-refractivity contribution in [1.29, 1.82) is 0 Å². The molecule has 16 heavy (non-hydrogen) atoms. The van der Waals surface area contributed by atoms with Crippen LogP contribution in [0.2, 0.25) is 0 Å². The zero-order valence-electron chi connectivity index (χ0n) is 10.6. The van der Waals surface area contributed by atoms with E-state index in [2.05, 4.69) is 26.8 Å². The average molecular weight is 218 g/mol. The first kappa shape index (κ1) is 10.6. The van der Waals surface area contributed by atoms with E-state index in [1.807, 2.05) is 0 Å². The molecule has 0 aromatic rings. The van der Waals surface area contributed by atoms with E-state index in [4.69, 9.17) is 0 Å². The van der Waals surface area contributed by atoms with Crippen molar-refractivity contribution >= 4 is 6.29 Å². The van der Waals surface area contributed by atoms with Crippen LogP contribution in [0.3, 0.4) is 0 Å². The summed E-state index contributed by atoms with van der Waals surface area (Å²) in [7, 11) is 0. The monoisotopic (exact) mass is 218 g/mol. The van der Waals surface area contributed by atoms with Crippen molar-refractivity contribution in [3.8, 4) is 0 Å². The molecule has 2 fully saturated rings. The molecule has 0 bridgehead atoms. The van der Waals surface area contributed by atoms with Crippen LogP contribution in [-0.2, 0) is 4.79 Å². The molecule has 3 aliphatic rings. The molecule has 4 atom stereocenters. The molecule has 1 nitrogen and oxygen atoms in total. The fourth-order valence-corrected chi connectivity index (χ4v) is 5.20. The number of allylic oxidation sites excluding steroid dienone is 2. The van der Waals surface area contributed by atoms with Gasteiger partial charge in [-0.3, -0.25) is 4.79 Å². The molecule has 0 amide bonds. The predicted molar refractivity (Wildman–Crippen MR) is 65.0 cm³/mol. The van der Waals surface area contributed by atoms with Gasteiger partial charge in [-0.1, -0.05) is 26.8 Å². The fourth-order valence-electron chi connectivity index (χ4n) is 5.20. The summed E-state index contributed by atoms with van der Waals surface area (Å²) >= 11 is 0. The molecule has 1 spiro atoms. The maximum Gasteiger partial charge on any atom is 0.146 e. The van der Waals surface area contributed by atoms with Crippen LogP contribution in [0.1, 0.15) is 46.5 Å². The highest BCUT2D eigenvalue weighted by molar-refractivity contribution is 5.76. The standard InChI is InChI=1S/C15H22O/c1-10-4-5-13-11(8-16)6-12-7-14(2,3)9-15(10,12)13/h6,8,10,12-13H,4-5,7,9H2,1-3H3/t10-,12-,13+,15-/m1/s1. The van der Waals surface area contributed by atoms with Crippen molar-refractivity contribution in [2.45, 2.75) is 46.5 Å². The summed E-state index contributed by atoms with van der Waals surface area (Å²) in [5.41, 5.74) is 2.07. The quantitative estimate of drug-likeness (QED) is 0.615. The summed E-state index contributed by atoms with van der Waals surface area (Å²) in [6.45, 7) is 7.21. The van der Waals surface area contributed by atoms with E-state index in [9.17, 15) is 4.79 Å². The van der Waals surface area contributed by atoms with Crippen molar-refractivity contribution in [1.82, 2.24) is 0 Å². The highest BCUT2D eigenvalue weighted by Gasteiger charge is 2.62. The number of hydrogen-bond donors (Lipinski definition) is 0. The van der Waals surface area contributed by atoms with Crippen molar-refractivity contribution in [3.05, 3.63) is 11.6 Å². The first-order valence-corrected chi connectivity index (χ1v) is 6.66. The average Bonchev–Trinajstić information content (AvgIpc) is 2.73. The molecular weight excluding hydrogens is 196 g/mol. The largest absolute Gasteiger partial charge is 0.298 e. The van der Waals surface area contributed by atoms with E-state index in [1.54, 1.807) is 0 Å². The molecule has 0 aromatic carbocycles. The van der Waals surface area contributed by atoms with Crippen LogP contribution in [0.25, 0.3) is 0 Å². The molecule has 0 saturated heterocycles. The normalized spacial score (nSPS) is 48.7. The molecule has 0 aliphatic heterocycles. The van der Waals surface area contributed by atoms with Gasteiger partial charge in [-0.2, -0.15) is 0 Å². The molecule has 88 valence electrons. The lowest BCUT2D eigenvalue weighted by molar-refractivity contribution is -0.105. The Hall–Kier alpha value is -0.590. The molecule has 0 aromatic heterocycles. The van der Waals surface area contributed by atoms with Gasteiger partial charge in [0.05, 0.1) is 0 Å². The lowest BCUT2D eigenvalue weighted by Gasteiger charge is -2.36. The fraction of sp³-hybridized carbons (Fsp3) is 0.800. The predicted octanol–water partition coefficient (Wildman–Crippen LogP) is 3.59. The Bertz CT molecular complexity index is 366. The Morgan fingerprint density at radius 2 is 2.12 bits per heavy atom. The summed E-state index contributed by atoms with van der Waals surface area (Å²) in [5.74, 6) is 2.08. The van der Waals surface area contributed by atoms with Gasteiger partial charge < -0.3 is 0 Å². The number of rotatable bonds is 1. The SMILES string of the molecule is C[C@@H]1CC[C@H]2C(C=O)=C[C@@H]3CC(C)(C)C[C@@]132. The summed E-state index contributed by atoms with van der Waals surface area (Å²) in [5, 5.41) is 0. The van der Waals surface area contributed by atoms with E-state index in [-0.39, 0.29) is 0 Å². The van der Waals surface area contributed by atoms with Crippen molar-refractivity contribution < 1.29 is 4.79 Å². The Balaban J connectivity index is 2.06. The number of hydrogen-bond acceptors (Lipinski definition) is 1. The van der Waals surface area contributed by atoms with Crippen molar-refractivity contribution in [2.24, 2.45) is 28.6 Å². The second kappa shape index (κ2) is 3.00. The molecule has 0 radical (unpaired) electrons. The van der Waals surface area contributed by atoms with Crippen LogP contribution in [-0.4, -0.2) is 6.29 Å². The zero-order valence-corrected chi connectivity index (χ0v) is 10.6. The van der Waals surface area contributed by atoms with Crippen LogP contribution in [0.5, 0.6) is 0 Å².